The number of amides is 5. The molecular weight excluding hydrogens is 398 g/mol. The standard InChI is InChI=1S/C22H27N5O4/c1-13-8-10-22(11-9-13)20(30)27(21(31)23-22)25-19(29)16-6-7-18(28)26(24-16)17-12-14(2)4-5-15(17)3/h4-5,12-13H,6-11H2,1-3H3,(H,23,31)(H,25,29). The lowest BCUT2D eigenvalue weighted by Crippen LogP contribution is -2.53. The second-order valence-corrected chi connectivity index (χ2v) is 8.82. The number of anilines is 1. The first-order chi connectivity index (χ1) is 14.7. The van der Waals surface area contributed by atoms with E-state index in [-0.39, 0.29) is 24.5 Å². The summed E-state index contributed by atoms with van der Waals surface area (Å²) in [5.41, 5.74) is 4.00. The van der Waals surface area contributed by atoms with Crippen molar-refractivity contribution in [2.45, 2.75) is 64.8 Å². The van der Waals surface area contributed by atoms with Crippen LogP contribution in [0.1, 0.15) is 56.6 Å². The zero-order valence-electron chi connectivity index (χ0n) is 18.0. The zero-order valence-corrected chi connectivity index (χ0v) is 18.0. The van der Waals surface area contributed by atoms with Gasteiger partial charge in [0.05, 0.1) is 5.69 Å². The number of hydrazine groups is 1. The highest BCUT2D eigenvalue weighted by Crippen LogP contribution is 2.35. The number of aryl methyl sites for hydroxylation is 2. The zero-order chi connectivity index (χ0) is 22.3. The van der Waals surface area contributed by atoms with Gasteiger partial charge in [-0.2, -0.15) is 10.1 Å². The van der Waals surface area contributed by atoms with Crippen LogP contribution in [0, 0.1) is 19.8 Å². The minimum Gasteiger partial charge on any atom is -0.322 e. The van der Waals surface area contributed by atoms with E-state index >= 15 is 0 Å². The largest absolute Gasteiger partial charge is 0.344 e. The van der Waals surface area contributed by atoms with E-state index < -0.39 is 23.4 Å². The molecule has 9 heteroatoms. The number of hydrogen-bond acceptors (Lipinski definition) is 5. The topological polar surface area (TPSA) is 111 Å². The van der Waals surface area contributed by atoms with Gasteiger partial charge in [0.1, 0.15) is 11.3 Å². The average Bonchev–Trinajstić information content (AvgIpc) is 2.96. The van der Waals surface area contributed by atoms with E-state index in [2.05, 4.69) is 22.8 Å². The van der Waals surface area contributed by atoms with Crippen LogP contribution < -0.4 is 15.8 Å². The van der Waals surface area contributed by atoms with Crippen LogP contribution in [0.3, 0.4) is 0 Å². The molecule has 2 fully saturated rings. The molecule has 1 saturated carbocycles. The lowest BCUT2D eigenvalue weighted by atomic mass is 9.77. The Balaban J connectivity index is 1.53. The molecule has 0 radical (unpaired) electrons. The molecule has 1 saturated heterocycles. The molecule has 9 nitrogen and oxygen atoms in total. The van der Waals surface area contributed by atoms with Crippen LogP contribution in [-0.4, -0.2) is 40.0 Å². The molecule has 5 amide bonds. The number of nitrogens with zero attached hydrogens (tertiary/aromatic N) is 3. The summed E-state index contributed by atoms with van der Waals surface area (Å²) in [5.74, 6) is -0.802. The third-order valence-corrected chi connectivity index (χ3v) is 6.39. The number of benzene rings is 1. The van der Waals surface area contributed by atoms with Gasteiger partial charge in [0.15, 0.2) is 0 Å². The van der Waals surface area contributed by atoms with E-state index in [1.807, 2.05) is 32.0 Å². The third-order valence-electron chi connectivity index (χ3n) is 6.39. The van der Waals surface area contributed by atoms with Gasteiger partial charge in [0.2, 0.25) is 5.91 Å². The monoisotopic (exact) mass is 425 g/mol. The summed E-state index contributed by atoms with van der Waals surface area (Å²) >= 11 is 0. The van der Waals surface area contributed by atoms with Crippen LogP contribution >= 0.6 is 0 Å². The SMILES string of the molecule is Cc1ccc(C)c(N2N=C(C(=O)NN3C(=O)NC4(CCC(C)CC4)C3=O)CCC2=O)c1. The Morgan fingerprint density at radius 1 is 1.16 bits per heavy atom. The number of urea groups is 1. The van der Waals surface area contributed by atoms with Crippen molar-refractivity contribution in [3.05, 3.63) is 29.3 Å². The minimum atomic E-state index is -0.939. The summed E-state index contributed by atoms with van der Waals surface area (Å²) in [5, 5.41) is 9.03. The molecule has 0 unspecified atom stereocenters. The van der Waals surface area contributed by atoms with Gasteiger partial charge in [-0.25, -0.2) is 9.80 Å². The van der Waals surface area contributed by atoms with Crippen LogP contribution in [0.4, 0.5) is 10.5 Å². The number of carbonyl (C=O) groups is 4. The Bertz CT molecular complexity index is 994. The molecule has 0 bridgehead atoms. The van der Waals surface area contributed by atoms with Crippen LogP contribution in [0.25, 0.3) is 0 Å². The molecule has 3 aliphatic rings. The summed E-state index contributed by atoms with van der Waals surface area (Å²) in [4.78, 5) is 50.7. The lowest BCUT2D eigenvalue weighted by Gasteiger charge is -2.33. The van der Waals surface area contributed by atoms with E-state index in [1.165, 1.54) is 5.01 Å². The van der Waals surface area contributed by atoms with E-state index in [0.29, 0.717) is 24.4 Å². The van der Waals surface area contributed by atoms with Crippen molar-refractivity contribution < 1.29 is 19.2 Å². The molecule has 1 spiro atoms. The molecule has 164 valence electrons. The smallest absolute Gasteiger partial charge is 0.322 e. The molecule has 0 aromatic heterocycles. The predicted octanol–water partition coefficient (Wildman–Crippen LogP) is 2.32. The molecule has 2 aliphatic heterocycles. The number of carbonyl (C=O) groups excluding carboxylic acids is 4. The lowest BCUT2D eigenvalue weighted by molar-refractivity contribution is -0.138. The number of hydrazone groups is 1. The van der Waals surface area contributed by atoms with Gasteiger partial charge in [-0.05, 0) is 62.6 Å². The second kappa shape index (κ2) is 7.79. The summed E-state index contributed by atoms with van der Waals surface area (Å²) in [6.07, 6.45) is 3.04. The molecule has 1 aliphatic carbocycles. The van der Waals surface area contributed by atoms with Crippen molar-refractivity contribution in [3.63, 3.8) is 0 Å². The molecule has 2 N–H and O–H groups in total. The van der Waals surface area contributed by atoms with Gasteiger partial charge in [-0.3, -0.25) is 19.8 Å². The van der Waals surface area contributed by atoms with Crippen LogP contribution in [0.2, 0.25) is 0 Å². The highest BCUT2D eigenvalue weighted by Gasteiger charge is 2.53. The van der Waals surface area contributed by atoms with E-state index in [1.54, 1.807) is 0 Å². The maximum Gasteiger partial charge on any atom is 0.344 e. The van der Waals surface area contributed by atoms with Crippen molar-refractivity contribution in [2.24, 2.45) is 11.0 Å². The number of imide groups is 1. The fraction of sp³-hybridized carbons (Fsp3) is 0.500. The van der Waals surface area contributed by atoms with Gasteiger partial charge in [-0.15, -0.1) is 0 Å². The van der Waals surface area contributed by atoms with Crippen LogP contribution in [0.5, 0.6) is 0 Å². The Morgan fingerprint density at radius 3 is 2.58 bits per heavy atom. The summed E-state index contributed by atoms with van der Waals surface area (Å²) < 4.78 is 0. The normalized spacial score (nSPS) is 26.2. The molecule has 31 heavy (non-hydrogen) atoms. The molecule has 2 heterocycles. The third kappa shape index (κ3) is 3.80. The van der Waals surface area contributed by atoms with Crippen molar-refractivity contribution >= 4 is 35.2 Å². The van der Waals surface area contributed by atoms with Crippen molar-refractivity contribution in [1.82, 2.24) is 15.8 Å². The first-order valence-corrected chi connectivity index (χ1v) is 10.7. The minimum absolute atomic E-state index is 0.0966. The number of rotatable bonds is 3. The van der Waals surface area contributed by atoms with Crippen LogP contribution in [-0.2, 0) is 14.4 Å². The number of nitrogens with one attached hydrogen (secondary N) is 2. The maximum absolute atomic E-state index is 13.0. The first kappa shape index (κ1) is 21.0. The number of hydrogen-bond donors (Lipinski definition) is 2. The van der Waals surface area contributed by atoms with Crippen molar-refractivity contribution in [3.8, 4) is 0 Å². The van der Waals surface area contributed by atoms with E-state index in [0.717, 1.165) is 29.0 Å². The van der Waals surface area contributed by atoms with Crippen molar-refractivity contribution in [1.29, 1.82) is 0 Å². The fourth-order valence-electron chi connectivity index (χ4n) is 4.33. The van der Waals surface area contributed by atoms with Gasteiger partial charge >= 0.3 is 6.03 Å². The first-order valence-electron chi connectivity index (χ1n) is 10.7. The Morgan fingerprint density at radius 2 is 1.87 bits per heavy atom. The van der Waals surface area contributed by atoms with Gasteiger partial charge in [-0.1, -0.05) is 19.1 Å². The maximum atomic E-state index is 13.0. The fourth-order valence-corrected chi connectivity index (χ4v) is 4.33. The molecule has 4 rings (SSSR count). The second-order valence-electron chi connectivity index (χ2n) is 8.82. The highest BCUT2D eigenvalue weighted by atomic mass is 16.2. The molecular formula is C22H27N5O4. The van der Waals surface area contributed by atoms with Crippen molar-refractivity contribution in [2.75, 3.05) is 5.01 Å². The van der Waals surface area contributed by atoms with Gasteiger partial charge < -0.3 is 5.32 Å². The van der Waals surface area contributed by atoms with E-state index in [4.69, 9.17) is 0 Å². The summed E-state index contributed by atoms with van der Waals surface area (Å²) in [6.45, 7) is 5.90. The molecule has 1 aromatic carbocycles. The molecule has 0 atom stereocenters. The highest BCUT2D eigenvalue weighted by molar-refractivity contribution is 6.40. The summed E-state index contributed by atoms with van der Waals surface area (Å²) in [7, 11) is 0. The van der Waals surface area contributed by atoms with Crippen LogP contribution in [0.15, 0.2) is 23.3 Å². The Labute approximate surface area is 180 Å². The Hall–Kier alpha value is -3.23. The van der Waals surface area contributed by atoms with Gasteiger partial charge in [0, 0.05) is 12.8 Å². The molecule has 1 aromatic rings. The van der Waals surface area contributed by atoms with Gasteiger partial charge in [0.25, 0.3) is 11.8 Å². The average molecular weight is 425 g/mol. The quantitative estimate of drug-likeness (QED) is 0.724. The predicted molar refractivity (Wildman–Crippen MR) is 114 cm³/mol. The van der Waals surface area contributed by atoms with E-state index in [9.17, 15) is 19.2 Å². The Kier molecular flexibility index (Phi) is 5.28. The summed E-state index contributed by atoms with van der Waals surface area (Å²) in [6, 6.07) is 5.03.